The van der Waals surface area contributed by atoms with Gasteiger partial charge in [-0.05, 0) is 30.1 Å². The second-order valence-electron chi connectivity index (χ2n) is 3.41. The summed E-state index contributed by atoms with van der Waals surface area (Å²) in [7, 11) is 0. The average Bonchev–Trinajstić information content (AvgIpc) is 2.83. The highest BCUT2D eigenvalue weighted by atomic mass is 32.1. The lowest BCUT2D eigenvalue weighted by atomic mass is 10.2. The van der Waals surface area contributed by atoms with Gasteiger partial charge in [0.2, 0.25) is 0 Å². The molecule has 0 saturated carbocycles. The van der Waals surface area contributed by atoms with Crippen LogP contribution < -0.4 is 4.74 Å². The Hall–Kier alpha value is -1.42. The van der Waals surface area contributed by atoms with E-state index in [1.807, 2.05) is 24.3 Å². The van der Waals surface area contributed by atoms with Gasteiger partial charge in [-0.25, -0.2) is 0 Å². The number of benzene rings is 1. The molecule has 1 heterocycles. The predicted octanol–water partition coefficient (Wildman–Crippen LogP) is 3.18. The lowest BCUT2D eigenvalue weighted by Crippen LogP contribution is -1.97. The van der Waals surface area contributed by atoms with Gasteiger partial charge in [-0.15, -0.1) is 5.10 Å². The Morgan fingerprint density at radius 3 is 3.00 bits per heavy atom. The number of rotatable bonds is 5. The number of unbranched alkanes of at least 4 members (excludes halogenated alkanes) is 1. The number of hydrogen-bond acceptors (Lipinski definition) is 4. The molecule has 0 bridgehead atoms. The van der Waals surface area contributed by atoms with Crippen LogP contribution in [0.25, 0.3) is 10.4 Å². The molecule has 0 saturated heterocycles. The van der Waals surface area contributed by atoms with Gasteiger partial charge in [0.05, 0.1) is 11.5 Å². The zero-order valence-electron chi connectivity index (χ0n) is 9.14. The molecule has 0 fully saturated rings. The summed E-state index contributed by atoms with van der Waals surface area (Å²) in [6, 6.07) is 7.93. The van der Waals surface area contributed by atoms with Gasteiger partial charge in [0.1, 0.15) is 11.9 Å². The van der Waals surface area contributed by atoms with Crippen LogP contribution in [0, 0.1) is 6.20 Å². The summed E-state index contributed by atoms with van der Waals surface area (Å²) in [5, 5.41) is 3.72. The molecule has 4 heteroatoms. The smallest absolute Gasteiger partial charge is 0.135 e. The number of nitrogens with zero attached hydrogens (tertiary/aromatic N) is 2. The molecular formula is C12H13N2OS. The van der Waals surface area contributed by atoms with Crippen molar-refractivity contribution in [1.82, 2.24) is 9.59 Å². The maximum Gasteiger partial charge on any atom is 0.135 e. The summed E-state index contributed by atoms with van der Waals surface area (Å²) >= 11 is 1.33. The van der Waals surface area contributed by atoms with E-state index < -0.39 is 0 Å². The zero-order valence-corrected chi connectivity index (χ0v) is 9.96. The van der Waals surface area contributed by atoms with E-state index in [9.17, 15) is 0 Å². The molecular weight excluding hydrogens is 220 g/mol. The van der Waals surface area contributed by atoms with Crippen LogP contribution in [-0.4, -0.2) is 16.2 Å². The molecule has 16 heavy (non-hydrogen) atoms. The van der Waals surface area contributed by atoms with Gasteiger partial charge < -0.3 is 4.74 Å². The fourth-order valence-corrected chi connectivity index (χ4v) is 1.88. The molecule has 0 aliphatic rings. The van der Waals surface area contributed by atoms with Crippen molar-refractivity contribution in [2.45, 2.75) is 19.8 Å². The van der Waals surface area contributed by atoms with Crippen molar-refractivity contribution >= 4 is 11.5 Å². The lowest BCUT2D eigenvalue weighted by Gasteiger charge is -2.08. The highest BCUT2D eigenvalue weighted by Gasteiger charge is 2.07. The minimum absolute atomic E-state index is 0.750. The van der Waals surface area contributed by atoms with Crippen molar-refractivity contribution < 1.29 is 4.74 Å². The Kier molecular flexibility index (Phi) is 3.88. The third-order valence-corrected chi connectivity index (χ3v) is 2.87. The first-order valence-corrected chi connectivity index (χ1v) is 6.11. The van der Waals surface area contributed by atoms with Crippen LogP contribution in [0.15, 0.2) is 24.3 Å². The highest BCUT2D eigenvalue weighted by Crippen LogP contribution is 2.30. The van der Waals surface area contributed by atoms with E-state index in [-0.39, 0.29) is 0 Å². The van der Waals surface area contributed by atoms with Gasteiger partial charge in [0, 0.05) is 5.56 Å². The number of aromatic nitrogens is 2. The van der Waals surface area contributed by atoms with Gasteiger partial charge in [-0.3, -0.25) is 0 Å². The summed E-state index contributed by atoms with van der Waals surface area (Å²) in [5.41, 5.74) is 1.02. The molecule has 0 aliphatic heterocycles. The fourth-order valence-electron chi connectivity index (χ4n) is 1.36. The van der Waals surface area contributed by atoms with Gasteiger partial charge in [-0.2, -0.15) is 0 Å². The van der Waals surface area contributed by atoms with Gasteiger partial charge >= 0.3 is 0 Å². The third-order valence-electron chi connectivity index (χ3n) is 2.21. The first kappa shape index (κ1) is 11.1. The average molecular weight is 233 g/mol. The summed E-state index contributed by atoms with van der Waals surface area (Å²) in [4.78, 5) is 0.923. The Labute approximate surface area is 99.3 Å². The molecule has 0 spiro atoms. The second kappa shape index (κ2) is 5.61. The van der Waals surface area contributed by atoms with E-state index in [0.717, 1.165) is 35.6 Å². The van der Waals surface area contributed by atoms with E-state index in [0.29, 0.717) is 0 Å². The van der Waals surface area contributed by atoms with E-state index in [4.69, 9.17) is 4.74 Å². The molecule has 1 aromatic carbocycles. The Balaban J connectivity index is 2.18. The van der Waals surface area contributed by atoms with Gasteiger partial charge in [0.15, 0.2) is 0 Å². The van der Waals surface area contributed by atoms with Crippen LogP contribution in [0.4, 0.5) is 0 Å². The summed E-state index contributed by atoms with van der Waals surface area (Å²) < 4.78 is 9.55. The van der Waals surface area contributed by atoms with Crippen molar-refractivity contribution in [2.75, 3.05) is 6.61 Å². The zero-order chi connectivity index (χ0) is 11.2. The summed E-state index contributed by atoms with van der Waals surface area (Å²) in [5.74, 6) is 0.887. The molecule has 0 aliphatic carbocycles. The maximum absolute atomic E-state index is 5.73. The molecule has 0 N–H and O–H groups in total. The fraction of sp³-hybridized carbons (Fsp3) is 0.333. The Bertz CT molecular complexity index is 428. The molecule has 1 aromatic heterocycles. The van der Waals surface area contributed by atoms with Crippen molar-refractivity contribution in [3.05, 3.63) is 30.5 Å². The SMILES string of the molecule is CCCCOc1ccccc1-c1[c]nns1. The molecule has 3 nitrogen and oxygen atoms in total. The molecule has 83 valence electrons. The minimum Gasteiger partial charge on any atom is -0.493 e. The topological polar surface area (TPSA) is 35.0 Å². The maximum atomic E-state index is 5.73. The Morgan fingerprint density at radius 1 is 1.38 bits per heavy atom. The van der Waals surface area contributed by atoms with Crippen LogP contribution in [0.5, 0.6) is 5.75 Å². The first-order valence-electron chi connectivity index (χ1n) is 5.34. The van der Waals surface area contributed by atoms with Crippen LogP contribution in [0.3, 0.4) is 0 Å². The van der Waals surface area contributed by atoms with E-state index in [2.05, 4.69) is 22.7 Å². The molecule has 2 rings (SSSR count). The lowest BCUT2D eigenvalue weighted by molar-refractivity contribution is 0.310. The van der Waals surface area contributed by atoms with Crippen molar-refractivity contribution in [1.29, 1.82) is 0 Å². The van der Waals surface area contributed by atoms with Crippen molar-refractivity contribution in [3.63, 3.8) is 0 Å². The molecule has 1 radical (unpaired) electrons. The molecule has 0 amide bonds. The second-order valence-corrected chi connectivity index (χ2v) is 4.17. The quantitative estimate of drug-likeness (QED) is 0.744. The predicted molar refractivity (Wildman–Crippen MR) is 64.6 cm³/mol. The number of hydrogen-bond donors (Lipinski definition) is 0. The standard InChI is InChI=1S/C12H13N2OS/c1-2-3-8-15-11-7-5-4-6-10(11)12-9-13-14-16-12/h4-7H,2-3,8H2,1H3. The number of ether oxygens (including phenoxy) is 1. The summed E-state index contributed by atoms with van der Waals surface area (Å²) in [6.07, 6.45) is 5.07. The monoisotopic (exact) mass is 233 g/mol. The van der Waals surface area contributed by atoms with Crippen molar-refractivity contribution in [3.8, 4) is 16.2 Å². The highest BCUT2D eigenvalue weighted by molar-refractivity contribution is 7.09. The number of para-hydroxylation sites is 1. The molecule has 2 aromatic rings. The Morgan fingerprint density at radius 2 is 2.25 bits per heavy atom. The van der Waals surface area contributed by atoms with Crippen LogP contribution in [0.2, 0.25) is 0 Å². The van der Waals surface area contributed by atoms with E-state index >= 15 is 0 Å². The molecule has 0 unspecified atom stereocenters. The normalized spacial score (nSPS) is 10.3. The van der Waals surface area contributed by atoms with Gasteiger partial charge in [-0.1, -0.05) is 30.0 Å². The third kappa shape index (κ3) is 2.58. The molecule has 0 atom stereocenters. The van der Waals surface area contributed by atoms with Gasteiger partial charge in [0.25, 0.3) is 0 Å². The van der Waals surface area contributed by atoms with Crippen LogP contribution in [0.1, 0.15) is 19.8 Å². The minimum atomic E-state index is 0.750. The van der Waals surface area contributed by atoms with E-state index in [1.54, 1.807) is 0 Å². The summed E-state index contributed by atoms with van der Waals surface area (Å²) in [6.45, 7) is 2.90. The van der Waals surface area contributed by atoms with E-state index in [1.165, 1.54) is 11.5 Å². The van der Waals surface area contributed by atoms with Crippen LogP contribution >= 0.6 is 11.5 Å². The largest absolute Gasteiger partial charge is 0.493 e. The van der Waals surface area contributed by atoms with Crippen molar-refractivity contribution in [2.24, 2.45) is 0 Å². The van der Waals surface area contributed by atoms with Crippen LogP contribution in [-0.2, 0) is 0 Å². The first-order chi connectivity index (χ1) is 7.92.